The molecule has 98 valence electrons. The molecule has 0 aliphatic heterocycles. The molecule has 0 bridgehead atoms. The summed E-state index contributed by atoms with van der Waals surface area (Å²) in [6.45, 7) is 0. The maximum atomic E-state index is 13.4. The molecule has 0 amide bonds. The van der Waals surface area contributed by atoms with Crippen molar-refractivity contribution in [1.29, 1.82) is 0 Å². The van der Waals surface area contributed by atoms with Gasteiger partial charge in [0.05, 0.1) is 11.1 Å². The number of allylic oxidation sites excluding steroid dienone is 1. The summed E-state index contributed by atoms with van der Waals surface area (Å²) in [5, 5.41) is 0. The standard InChI is InChI=1S/C12H11F4NO/c1-17(2)7-6-10(18)11-8(12(14,15)16)4-3-5-9(11)13/h3-7H,1-2H3/b7-6+. The Labute approximate surface area is 102 Å². The van der Waals surface area contributed by atoms with Crippen molar-refractivity contribution in [3.05, 3.63) is 47.4 Å². The zero-order chi connectivity index (χ0) is 13.9. The van der Waals surface area contributed by atoms with E-state index in [2.05, 4.69) is 0 Å². The van der Waals surface area contributed by atoms with Gasteiger partial charge in [-0.25, -0.2) is 4.39 Å². The second kappa shape index (κ2) is 5.20. The van der Waals surface area contributed by atoms with Gasteiger partial charge >= 0.3 is 6.18 Å². The Morgan fingerprint density at radius 1 is 1.28 bits per heavy atom. The van der Waals surface area contributed by atoms with Gasteiger partial charge < -0.3 is 4.90 Å². The molecular weight excluding hydrogens is 250 g/mol. The second-order valence-corrected chi connectivity index (χ2v) is 3.80. The van der Waals surface area contributed by atoms with Crippen molar-refractivity contribution in [3.8, 4) is 0 Å². The fourth-order valence-electron chi connectivity index (χ4n) is 1.31. The minimum atomic E-state index is -4.76. The molecule has 0 aromatic heterocycles. The second-order valence-electron chi connectivity index (χ2n) is 3.80. The number of carbonyl (C=O) groups excluding carboxylic acids is 1. The number of benzene rings is 1. The fraction of sp³-hybridized carbons (Fsp3) is 0.250. The van der Waals surface area contributed by atoms with Gasteiger partial charge in [-0.1, -0.05) is 6.07 Å². The lowest BCUT2D eigenvalue weighted by Gasteiger charge is -2.11. The normalized spacial score (nSPS) is 11.9. The maximum absolute atomic E-state index is 13.4. The third kappa shape index (κ3) is 3.32. The number of carbonyl (C=O) groups is 1. The third-order valence-corrected chi connectivity index (χ3v) is 2.09. The highest BCUT2D eigenvalue weighted by atomic mass is 19.4. The molecule has 0 radical (unpaired) electrons. The first-order valence-electron chi connectivity index (χ1n) is 4.98. The van der Waals surface area contributed by atoms with Crippen LogP contribution in [0.1, 0.15) is 15.9 Å². The monoisotopic (exact) mass is 261 g/mol. The zero-order valence-corrected chi connectivity index (χ0v) is 9.75. The maximum Gasteiger partial charge on any atom is 0.417 e. The molecule has 0 fully saturated rings. The predicted molar refractivity (Wildman–Crippen MR) is 58.6 cm³/mol. The molecule has 1 aromatic rings. The first-order valence-corrected chi connectivity index (χ1v) is 4.98. The minimum Gasteiger partial charge on any atom is -0.383 e. The van der Waals surface area contributed by atoms with Crippen molar-refractivity contribution in [2.45, 2.75) is 6.18 Å². The lowest BCUT2D eigenvalue weighted by atomic mass is 10.0. The lowest BCUT2D eigenvalue weighted by Crippen LogP contribution is -2.14. The number of ketones is 1. The molecule has 0 heterocycles. The Bertz CT molecular complexity index is 477. The molecule has 1 rings (SSSR count). The van der Waals surface area contributed by atoms with Gasteiger partial charge in [-0.3, -0.25) is 4.79 Å². The van der Waals surface area contributed by atoms with Crippen LogP contribution >= 0.6 is 0 Å². The van der Waals surface area contributed by atoms with Crippen LogP contribution in [0, 0.1) is 5.82 Å². The van der Waals surface area contributed by atoms with Crippen LogP contribution in [0.4, 0.5) is 17.6 Å². The number of nitrogens with zero attached hydrogens (tertiary/aromatic N) is 1. The first kappa shape index (κ1) is 14.2. The van der Waals surface area contributed by atoms with E-state index in [0.717, 1.165) is 18.2 Å². The van der Waals surface area contributed by atoms with Crippen LogP contribution in [0.2, 0.25) is 0 Å². The molecule has 0 saturated carbocycles. The van der Waals surface area contributed by atoms with E-state index in [0.29, 0.717) is 6.07 Å². The van der Waals surface area contributed by atoms with E-state index >= 15 is 0 Å². The van der Waals surface area contributed by atoms with Gasteiger partial charge in [0.1, 0.15) is 5.82 Å². The van der Waals surface area contributed by atoms with Crippen molar-refractivity contribution >= 4 is 5.78 Å². The molecule has 0 N–H and O–H groups in total. The number of halogens is 4. The summed E-state index contributed by atoms with van der Waals surface area (Å²) in [6, 6.07) is 2.43. The van der Waals surface area contributed by atoms with Gasteiger partial charge in [-0.2, -0.15) is 13.2 Å². The van der Waals surface area contributed by atoms with Crippen molar-refractivity contribution in [2.75, 3.05) is 14.1 Å². The zero-order valence-electron chi connectivity index (χ0n) is 9.75. The third-order valence-electron chi connectivity index (χ3n) is 2.09. The van der Waals surface area contributed by atoms with Gasteiger partial charge in [0, 0.05) is 26.4 Å². The summed E-state index contributed by atoms with van der Waals surface area (Å²) >= 11 is 0. The Morgan fingerprint density at radius 2 is 1.89 bits per heavy atom. The highest BCUT2D eigenvalue weighted by Gasteiger charge is 2.36. The van der Waals surface area contributed by atoms with E-state index in [1.165, 1.54) is 11.1 Å². The summed E-state index contributed by atoms with van der Waals surface area (Å²) < 4.78 is 51.3. The Balaban J connectivity index is 3.27. The van der Waals surface area contributed by atoms with Crippen molar-refractivity contribution in [2.24, 2.45) is 0 Å². The van der Waals surface area contributed by atoms with E-state index in [1.54, 1.807) is 14.1 Å². The highest BCUT2D eigenvalue weighted by molar-refractivity contribution is 6.05. The summed E-state index contributed by atoms with van der Waals surface area (Å²) in [7, 11) is 3.19. The quantitative estimate of drug-likeness (QED) is 0.473. The Hall–Kier alpha value is -1.85. The molecule has 1 aromatic carbocycles. The lowest BCUT2D eigenvalue weighted by molar-refractivity contribution is -0.138. The van der Waals surface area contributed by atoms with Crippen LogP contribution in [-0.2, 0) is 6.18 Å². The molecule has 0 aliphatic rings. The SMILES string of the molecule is CN(C)/C=C/C(=O)c1c(F)cccc1C(F)(F)F. The number of hydrogen-bond acceptors (Lipinski definition) is 2. The molecule has 0 saturated heterocycles. The van der Waals surface area contributed by atoms with Crippen LogP contribution in [0.5, 0.6) is 0 Å². The number of hydrogen-bond donors (Lipinski definition) is 0. The van der Waals surface area contributed by atoms with E-state index in [1.807, 2.05) is 0 Å². The van der Waals surface area contributed by atoms with Gasteiger partial charge in [0.2, 0.25) is 0 Å². The van der Waals surface area contributed by atoms with E-state index in [9.17, 15) is 22.4 Å². The summed E-state index contributed by atoms with van der Waals surface area (Å²) in [5.74, 6) is -2.20. The molecule has 6 heteroatoms. The van der Waals surface area contributed by atoms with Crippen LogP contribution < -0.4 is 0 Å². The van der Waals surface area contributed by atoms with Crippen molar-refractivity contribution in [3.63, 3.8) is 0 Å². The van der Waals surface area contributed by atoms with Crippen LogP contribution in [-0.4, -0.2) is 24.8 Å². The predicted octanol–water partition coefficient (Wildman–Crippen LogP) is 3.10. The van der Waals surface area contributed by atoms with Crippen LogP contribution in [0.15, 0.2) is 30.5 Å². The molecule has 0 spiro atoms. The average molecular weight is 261 g/mol. The van der Waals surface area contributed by atoms with Crippen molar-refractivity contribution < 1.29 is 22.4 Å². The molecule has 0 atom stereocenters. The van der Waals surface area contributed by atoms with Gasteiger partial charge in [-0.05, 0) is 12.1 Å². The van der Waals surface area contributed by atoms with E-state index < -0.39 is 28.9 Å². The Kier molecular flexibility index (Phi) is 4.11. The molecular formula is C12H11F4NO. The van der Waals surface area contributed by atoms with Crippen LogP contribution in [0.25, 0.3) is 0 Å². The largest absolute Gasteiger partial charge is 0.417 e. The average Bonchev–Trinajstić information content (AvgIpc) is 2.24. The topological polar surface area (TPSA) is 20.3 Å². The van der Waals surface area contributed by atoms with E-state index in [4.69, 9.17) is 0 Å². The van der Waals surface area contributed by atoms with Gasteiger partial charge in [-0.15, -0.1) is 0 Å². The van der Waals surface area contributed by atoms with Gasteiger partial charge in [0.15, 0.2) is 5.78 Å². The number of rotatable bonds is 3. The molecule has 0 unspecified atom stereocenters. The van der Waals surface area contributed by atoms with Crippen molar-refractivity contribution in [1.82, 2.24) is 4.90 Å². The Morgan fingerprint density at radius 3 is 2.39 bits per heavy atom. The van der Waals surface area contributed by atoms with Gasteiger partial charge in [0.25, 0.3) is 0 Å². The summed E-state index contributed by atoms with van der Waals surface area (Å²) in [5.41, 5.74) is -2.22. The molecule has 18 heavy (non-hydrogen) atoms. The summed E-state index contributed by atoms with van der Waals surface area (Å²) in [4.78, 5) is 13.0. The van der Waals surface area contributed by atoms with E-state index in [-0.39, 0.29) is 0 Å². The smallest absolute Gasteiger partial charge is 0.383 e. The summed E-state index contributed by atoms with van der Waals surface area (Å²) in [6.07, 6.45) is -2.61. The molecule has 0 aliphatic carbocycles. The fourth-order valence-corrected chi connectivity index (χ4v) is 1.31. The van der Waals surface area contributed by atoms with Crippen LogP contribution in [0.3, 0.4) is 0 Å². The minimum absolute atomic E-state index is 0.680. The highest BCUT2D eigenvalue weighted by Crippen LogP contribution is 2.33. The first-order chi connectivity index (χ1) is 8.23. The number of alkyl halides is 3. The molecule has 2 nitrogen and oxygen atoms in total.